The number of carbonyl (C=O) groups excluding carboxylic acids is 1. The first-order valence-corrected chi connectivity index (χ1v) is 11.2. The average molecular weight is 397 g/mol. The lowest BCUT2D eigenvalue weighted by Gasteiger charge is -2.55. The fraction of sp³-hybridized carbons (Fsp3) is 0.545. The minimum Gasteiger partial charge on any atom is -0.352 e. The third kappa shape index (κ3) is 3.17. The first-order valence-electron chi connectivity index (χ1n) is 10.3. The molecule has 0 aliphatic carbocycles. The van der Waals surface area contributed by atoms with Crippen LogP contribution in [0.15, 0.2) is 35.8 Å². The Bertz CT molecular complexity index is 835. The molecule has 1 aromatic carbocycles. The molecule has 1 N–H and O–H groups in total. The highest BCUT2D eigenvalue weighted by molar-refractivity contribution is 7.09. The molecule has 4 fully saturated rings. The number of aromatic nitrogens is 1. The van der Waals surface area contributed by atoms with E-state index in [1.54, 1.807) is 11.3 Å². The zero-order chi connectivity index (χ0) is 19.1. The largest absolute Gasteiger partial charge is 0.352 e. The molecule has 4 aliphatic rings. The van der Waals surface area contributed by atoms with Crippen LogP contribution in [0.5, 0.6) is 0 Å². The Morgan fingerprint density at radius 1 is 1.21 bits per heavy atom. The van der Waals surface area contributed by atoms with Crippen LogP contribution in [0.25, 0.3) is 0 Å². The fourth-order valence-corrected chi connectivity index (χ4v) is 6.39. The minimum absolute atomic E-state index is 0.00497. The van der Waals surface area contributed by atoms with Crippen molar-refractivity contribution in [2.75, 3.05) is 39.3 Å². The number of benzene rings is 1. The molecule has 0 saturated carbocycles. The van der Waals surface area contributed by atoms with Gasteiger partial charge in [-0.1, -0.05) is 30.3 Å². The number of hydrogen-bond donors (Lipinski definition) is 1. The lowest BCUT2D eigenvalue weighted by molar-refractivity contribution is -0.124. The lowest BCUT2D eigenvalue weighted by atomic mass is 9.64. The Hall–Kier alpha value is -1.76. The summed E-state index contributed by atoms with van der Waals surface area (Å²) in [5.74, 6) is 0.684. The summed E-state index contributed by atoms with van der Waals surface area (Å²) in [6.07, 6.45) is 1.33. The van der Waals surface area contributed by atoms with Gasteiger partial charge < -0.3 is 15.1 Å². The molecule has 5 heterocycles. The summed E-state index contributed by atoms with van der Waals surface area (Å²) in [6.45, 7) is 8.62. The Kier molecular flexibility index (Phi) is 4.73. The van der Waals surface area contributed by atoms with Crippen molar-refractivity contribution >= 4 is 17.2 Å². The summed E-state index contributed by atoms with van der Waals surface area (Å²) >= 11 is 1.65. The third-order valence-electron chi connectivity index (χ3n) is 6.89. The molecule has 3 unspecified atom stereocenters. The summed E-state index contributed by atoms with van der Waals surface area (Å²) in [7, 11) is 0. The van der Waals surface area contributed by atoms with Gasteiger partial charge in [-0.05, 0) is 18.9 Å². The number of carbonyl (C=O) groups is 1. The SMILES string of the molecule is Cc1ncsc1CCC(=O)NC1C2CN3CCN(C2)CC1(c1ccccc1)C3. The number of amides is 1. The van der Waals surface area contributed by atoms with Gasteiger partial charge in [0.1, 0.15) is 0 Å². The van der Waals surface area contributed by atoms with Crippen LogP contribution in [-0.4, -0.2) is 66.0 Å². The van der Waals surface area contributed by atoms with Crippen molar-refractivity contribution < 1.29 is 4.79 Å². The second-order valence-electron chi connectivity index (χ2n) is 8.66. The topological polar surface area (TPSA) is 48.5 Å². The smallest absolute Gasteiger partial charge is 0.220 e. The van der Waals surface area contributed by atoms with Crippen molar-refractivity contribution in [2.45, 2.75) is 31.2 Å². The second-order valence-corrected chi connectivity index (χ2v) is 9.60. The number of hydrogen-bond acceptors (Lipinski definition) is 5. The first kappa shape index (κ1) is 18.3. The van der Waals surface area contributed by atoms with E-state index in [-0.39, 0.29) is 17.4 Å². The van der Waals surface area contributed by atoms with Crippen LogP contribution in [0.3, 0.4) is 0 Å². The van der Waals surface area contributed by atoms with Gasteiger partial charge in [0, 0.05) is 67.9 Å². The Morgan fingerprint density at radius 2 is 1.93 bits per heavy atom. The summed E-state index contributed by atoms with van der Waals surface area (Å²) in [4.78, 5) is 23.7. The van der Waals surface area contributed by atoms with Crippen LogP contribution in [-0.2, 0) is 16.6 Å². The molecule has 4 saturated heterocycles. The van der Waals surface area contributed by atoms with E-state index in [1.807, 2.05) is 12.4 Å². The number of nitrogens with zero attached hydrogens (tertiary/aromatic N) is 3. The highest BCUT2D eigenvalue weighted by atomic mass is 32.1. The van der Waals surface area contributed by atoms with Crippen LogP contribution in [0, 0.1) is 12.8 Å². The van der Waals surface area contributed by atoms with Crippen LogP contribution >= 0.6 is 11.3 Å². The van der Waals surface area contributed by atoms with E-state index in [0.29, 0.717) is 12.3 Å². The number of piperidine rings is 2. The maximum atomic E-state index is 12.9. The molecule has 5 nitrogen and oxygen atoms in total. The average Bonchev–Trinajstić information content (AvgIpc) is 2.94. The zero-order valence-electron chi connectivity index (χ0n) is 16.4. The Balaban J connectivity index is 1.39. The van der Waals surface area contributed by atoms with Crippen molar-refractivity contribution in [2.24, 2.45) is 5.92 Å². The van der Waals surface area contributed by atoms with Crippen LogP contribution in [0.4, 0.5) is 0 Å². The molecule has 4 aliphatic heterocycles. The molecule has 0 spiro atoms. The number of fused-ring (bicyclic) bond motifs is 1. The van der Waals surface area contributed by atoms with E-state index in [4.69, 9.17) is 0 Å². The van der Waals surface area contributed by atoms with Gasteiger partial charge in [0.15, 0.2) is 0 Å². The molecule has 3 atom stereocenters. The van der Waals surface area contributed by atoms with Crippen molar-refractivity contribution in [1.82, 2.24) is 20.1 Å². The summed E-state index contributed by atoms with van der Waals surface area (Å²) in [6, 6.07) is 11.1. The van der Waals surface area contributed by atoms with Crippen LogP contribution in [0.2, 0.25) is 0 Å². The maximum Gasteiger partial charge on any atom is 0.220 e. The molecule has 6 rings (SSSR count). The summed E-state index contributed by atoms with van der Waals surface area (Å²) in [5, 5.41) is 3.50. The monoisotopic (exact) mass is 396 g/mol. The third-order valence-corrected chi connectivity index (χ3v) is 7.88. The molecule has 2 aromatic rings. The van der Waals surface area contributed by atoms with Gasteiger partial charge in [-0.15, -0.1) is 11.3 Å². The van der Waals surface area contributed by atoms with E-state index in [2.05, 4.69) is 50.4 Å². The molecule has 148 valence electrons. The van der Waals surface area contributed by atoms with Gasteiger partial charge >= 0.3 is 0 Å². The zero-order valence-corrected chi connectivity index (χ0v) is 17.3. The predicted octanol–water partition coefficient (Wildman–Crippen LogP) is 2.07. The van der Waals surface area contributed by atoms with Gasteiger partial charge in [-0.25, -0.2) is 4.98 Å². The van der Waals surface area contributed by atoms with Crippen LogP contribution < -0.4 is 5.32 Å². The molecule has 0 radical (unpaired) electrons. The normalized spacial score (nSPS) is 33.6. The lowest BCUT2D eigenvalue weighted by Crippen LogP contribution is -2.70. The number of thiazole rings is 1. The molecule has 6 heteroatoms. The highest BCUT2D eigenvalue weighted by Gasteiger charge is 2.55. The van der Waals surface area contributed by atoms with E-state index in [1.165, 1.54) is 10.4 Å². The second kappa shape index (κ2) is 7.25. The summed E-state index contributed by atoms with van der Waals surface area (Å²) in [5.41, 5.74) is 4.30. The number of rotatable bonds is 5. The quantitative estimate of drug-likeness (QED) is 0.841. The van der Waals surface area contributed by atoms with Crippen molar-refractivity contribution in [3.63, 3.8) is 0 Å². The first-order chi connectivity index (χ1) is 13.6. The Labute approximate surface area is 170 Å². The standard InChI is InChI=1S/C22H28N4OS/c1-16-19(28-15-23-16)7-8-20(27)24-21-17-11-25-9-10-26(12-17)14-22(21,13-25)18-5-3-2-4-6-18/h2-6,15,17,21H,7-14H2,1H3,(H,24,27). The highest BCUT2D eigenvalue weighted by Crippen LogP contribution is 2.43. The van der Waals surface area contributed by atoms with E-state index in [0.717, 1.165) is 51.4 Å². The van der Waals surface area contributed by atoms with E-state index >= 15 is 0 Å². The minimum atomic E-state index is -0.00497. The van der Waals surface area contributed by atoms with E-state index in [9.17, 15) is 4.79 Å². The van der Waals surface area contributed by atoms with Crippen molar-refractivity contribution in [3.8, 4) is 0 Å². The number of aryl methyl sites for hydroxylation is 2. The molecular weight excluding hydrogens is 368 g/mol. The van der Waals surface area contributed by atoms with Crippen LogP contribution in [0.1, 0.15) is 22.6 Å². The van der Waals surface area contributed by atoms with Gasteiger partial charge in [0.25, 0.3) is 0 Å². The van der Waals surface area contributed by atoms with Gasteiger partial charge in [-0.2, -0.15) is 0 Å². The predicted molar refractivity (Wildman–Crippen MR) is 112 cm³/mol. The molecule has 4 bridgehead atoms. The van der Waals surface area contributed by atoms with Crippen molar-refractivity contribution in [1.29, 1.82) is 0 Å². The van der Waals surface area contributed by atoms with E-state index < -0.39 is 0 Å². The Morgan fingerprint density at radius 3 is 2.57 bits per heavy atom. The molecular formula is C22H28N4OS. The summed E-state index contributed by atoms with van der Waals surface area (Å²) < 4.78 is 0. The van der Waals surface area contributed by atoms with Crippen molar-refractivity contribution in [3.05, 3.63) is 52.0 Å². The maximum absolute atomic E-state index is 12.9. The fourth-order valence-electron chi connectivity index (χ4n) is 5.61. The molecule has 1 amide bonds. The molecule has 28 heavy (non-hydrogen) atoms. The van der Waals surface area contributed by atoms with Gasteiger partial charge in [-0.3, -0.25) is 4.79 Å². The van der Waals surface area contributed by atoms with Gasteiger partial charge in [0.05, 0.1) is 11.2 Å². The number of nitrogens with one attached hydrogen (secondary N) is 1. The molecule has 1 aromatic heterocycles. The van der Waals surface area contributed by atoms with Gasteiger partial charge in [0.2, 0.25) is 5.91 Å².